The minimum Gasteiger partial charge on any atom is -0.468 e. The molecular weight excluding hydrogens is 443 g/mol. The number of aromatic nitrogens is 1. The van der Waals surface area contributed by atoms with E-state index in [0.717, 1.165) is 30.5 Å². The normalized spacial score (nSPS) is 11.2. The van der Waals surface area contributed by atoms with Crippen LogP contribution in [0.1, 0.15) is 10.4 Å². The Balaban J connectivity index is 1.84. The van der Waals surface area contributed by atoms with Gasteiger partial charge >= 0.3 is 18.8 Å². The predicted octanol–water partition coefficient (Wildman–Crippen LogP) is 4.07. The first-order valence-electron chi connectivity index (χ1n) is 7.90. The first kappa shape index (κ1) is 23.1. The number of halogens is 6. The zero-order chi connectivity index (χ0) is 22.3. The van der Waals surface area contributed by atoms with Gasteiger partial charge in [0.25, 0.3) is 5.91 Å². The summed E-state index contributed by atoms with van der Waals surface area (Å²) in [7, 11) is 0. The number of nitrogens with one attached hydrogen (secondary N) is 1. The Labute approximate surface area is 170 Å². The number of anilines is 1. The maximum atomic E-state index is 12.2. The topological polar surface area (TPSA) is 86.8 Å². The van der Waals surface area contributed by atoms with Crippen molar-refractivity contribution in [2.75, 3.05) is 18.5 Å². The average Bonchev–Trinajstić information content (AvgIpc) is 2.66. The van der Waals surface area contributed by atoms with Crippen molar-refractivity contribution < 1.29 is 45.8 Å². The summed E-state index contributed by atoms with van der Waals surface area (Å²) in [6.07, 6.45) is -3.61. The second-order valence-electron chi connectivity index (χ2n) is 5.44. The minimum atomic E-state index is -4.53. The van der Waals surface area contributed by atoms with Crippen molar-refractivity contribution in [2.45, 2.75) is 12.8 Å². The number of carbonyl (C=O) groups excluding carboxylic acids is 2. The summed E-state index contributed by atoms with van der Waals surface area (Å²) in [6, 6.07) is 5.66. The van der Waals surface area contributed by atoms with Crippen LogP contribution in [0.25, 0.3) is 0 Å². The van der Waals surface area contributed by atoms with Crippen LogP contribution in [0.15, 0.2) is 36.5 Å². The van der Waals surface area contributed by atoms with Gasteiger partial charge in [0, 0.05) is 18.0 Å². The third-order valence-electron chi connectivity index (χ3n) is 3.12. The lowest BCUT2D eigenvalue weighted by Crippen LogP contribution is -2.21. The third kappa shape index (κ3) is 7.70. The quantitative estimate of drug-likeness (QED) is 0.478. The zero-order valence-corrected chi connectivity index (χ0v) is 15.5. The molecule has 1 heterocycles. The van der Waals surface area contributed by atoms with Gasteiger partial charge in [0.15, 0.2) is 13.2 Å². The number of hydrogen-bond acceptors (Lipinski definition) is 6. The Bertz CT molecular complexity index is 893. The summed E-state index contributed by atoms with van der Waals surface area (Å²) in [6.45, 7) is -5.32. The second-order valence-corrected chi connectivity index (χ2v) is 5.84. The molecular formula is C17H12ClF5N2O5. The van der Waals surface area contributed by atoms with Crippen LogP contribution in [-0.2, 0) is 9.53 Å². The number of alkyl halides is 5. The van der Waals surface area contributed by atoms with Gasteiger partial charge in [-0.05, 0) is 24.3 Å². The Kier molecular flexibility index (Phi) is 7.75. The van der Waals surface area contributed by atoms with E-state index < -0.39 is 37.9 Å². The summed E-state index contributed by atoms with van der Waals surface area (Å²) in [5.41, 5.74) is 0.00852. The van der Waals surface area contributed by atoms with Crippen LogP contribution in [0.5, 0.6) is 11.6 Å². The van der Waals surface area contributed by atoms with E-state index in [9.17, 15) is 31.5 Å². The number of carbonyl (C=O) groups is 2. The summed E-state index contributed by atoms with van der Waals surface area (Å²) in [4.78, 5) is 27.2. The number of esters is 1. The van der Waals surface area contributed by atoms with E-state index in [2.05, 4.69) is 19.8 Å². The van der Waals surface area contributed by atoms with Gasteiger partial charge in [-0.25, -0.2) is 9.78 Å². The first-order chi connectivity index (χ1) is 14.0. The monoisotopic (exact) mass is 454 g/mol. The van der Waals surface area contributed by atoms with Gasteiger partial charge in [0.1, 0.15) is 5.75 Å². The fraction of sp³-hybridized carbons (Fsp3) is 0.235. The van der Waals surface area contributed by atoms with Crippen LogP contribution in [0.3, 0.4) is 0 Å². The van der Waals surface area contributed by atoms with Gasteiger partial charge in [0.05, 0.1) is 10.6 Å². The van der Waals surface area contributed by atoms with Crippen molar-refractivity contribution in [2.24, 2.45) is 0 Å². The molecule has 0 unspecified atom stereocenters. The van der Waals surface area contributed by atoms with E-state index in [1.807, 2.05) is 0 Å². The molecule has 0 radical (unpaired) electrons. The number of hydrogen-bond donors (Lipinski definition) is 1. The SMILES string of the molecule is O=C(COC(=O)c1ccc(OCC(F)(F)F)nc1)Nc1ccc(OC(F)F)c(Cl)c1. The molecule has 0 saturated heterocycles. The van der Waals surface area contributed by atoms with Crippen molar-refractivity contribution in [3.8, 4) is 11.6 Å². The number of benzene rings is 1. The van der Waals surface area contributed by atoms with Crippen molar-refractivity contribution in [1.29, 1.82) is 0 Å². The molecule has 0 aliphatic rings. The van der Waals surface area contributed by atoms with Crippen molar-refractivity contribution >= 4 is 29.2 Å². The van der Waals surface area contributed by atoms with Crippen LogP contribution >= 0.6 is 11.6 Å². The van der Waals surface area contributed by atoms with Gasteiger partial charge in [-0.15, -0.1) is 0 Å². The van der Waals surface area contributed by atoms with E-state index in [-0.39, 0.29) is 27.9 Å². The molecule has 0 atom stereocenters. The molecule has 0 spiro atoms. The molecule has 0 saturated carbocycles. The lowest BCUT2D eigenvalue weighted by Gasteiger charge is -2.10. The van der Waals surface area contributed by atoms with E-state index in [0.29, 0.717) is 0 Å². The molecule has 162 valence electrons. The van der Waals surface area contributed by atoms with Crippen molar-refractivity contribution in [3.63, 3.8) is 0 Å². The molecule has 0 aliphatic heterocycles. The molecule has 30 heavy (non-hydrogen) atoms. The molecule has 1 N–H and O–H groups in total. The number of nitrogens with zero attached hydrogens (tertiary/aromatic N) is 1. The fourth-order valence-corrected chi connectivity index (χ4v) is 2.15. The first-order valence-corrected chi connectivity index (χ1v) is 8.28. The van der Waals surface area contributed by atoms with Gasteiger partial charge in [-0.1, -0.05) is 11.6 Å². The minimum absolute atomic E-state index is 0.126. The Morgan fingerprint density at radius 3 is 2.47 bits per heavy atom. The number of amides is 1. The van der Waals surface area contributed by atoms with Crippen LogP contribution in [-0.4, -0.2) is 42.9 Å². The van der Waals surface area contributed by atoms with Crippen molar-refractivity contribution in [1.82, 2.24) is 4.98 Å². The maximum absolute atomic E-state index is 12.2. The maximum Gasteiger partial charge on any atom is 0.422 e. The van der Waals surface area contributed by atoms with E-state index >= 15 is 0 Å². The number of ether oxygens (including phenoxy) is 3. The van der Waals surface area contributed by atoms with E-state index in [1.54, 1.807) is 0 Å². The highest BCUT2D eigenvalue weighted by Gasteiger charge is 2.28. The second kappa shape index (κ2) is 10.1. The summed E-state index contributed by atoms with van der Waals surface area (Å²) in [5, 5.41) is 2.15. The Morgan fingerprint density at radius 1 is 1.17 bits per heavy atom. The summed E-state index contributed by atoms with van der Waals surface area (Å²) in [5.74, 6) is -2.36. The molecule has 1 aromatic carbocycles. The highest BCUT2D eigenvalue weighted by molar-refractivity contribution is 6.32. The molecule has 13 heteroatoms. The Morgan fingerprint density at radius 2 is 1.90 bits per heavy atom. The largest absolute Gasteiger partial charge is 0.468 e. The molecule has 1 amide bonds. The fourth-order valence-electron chi connectivity index (χ4n) is 1.92. The highest BCUT2D eigenvalue weighted by Crippen LogP contribution is 2.28. The highest BCUT2D eigenvalue weighted by atomic mass is 35.5. The van der Waals surface area contributed by atoms with Crippen LogP contribution in [0, 0.1) is 0 Å². The molecule has 1 aromatic heterocycles. The molecule has 2 aromatic rings. The molecule has 7 nitrogen and oxygen atoms in total. The smallest absolute Gasteiger partial charge is 0.422 e. The summed E-state index contributed by atoms with van der Waals surface area (Å²) < 4.78 is 73.9. The predicted molar refractivity (Wildman–Crippen MR) is 92.8 cm³/mol. The summed E-state index contributed by atoms with van der Waals surface area (Å²) >= 11 is 5.75. The lowest BCUT2D eigenvalue weighted by atomic mass is 10.3. The van der Waals surface area contributed by atoms with Crippen LogP contribution in [0.2, 0.25) is 5.02 Å². The molecule has 0 bridgehead atoms. The van der Waals surface area contributed by atoms with Gasteiger partial charge in [-0.3, -0.25) is 4.79 Å². The van der Waals surface area contributed by atoms with Crippen LogP contribution < -0.4 is 14.8 Å². The number of rotatable bonds is 8. The van der Waals surface area contributed by atoms with Crippen LogP contribution in [0.4, 0.5) is 27.6 Å². The molecule has 0 aliphatic carbocycles. The Hall–Kier alpha value is -3.15. The van der Waals surface area contributed by atoms with Crippen molar-refractivity contribution in [3.05, 3.63) is 47.1 Å². The molecule has 0 fully saturated rings. The van der Waals surface area contributed by atoms with Gasteiger partial charge in [-0.2, -0.15) is 22.0 Å². The zero-order valence-electron chi connectivity index (χ0n) is 14.7. The van der Waals surface area contributed by atoms with E-state index in [1.165, 1.54) is 6.07 Å². The third-order valence-corrected chi connectivity index (χ3v) is 3.42. The van der Waals surface area contributed by atoms with Gasteiger partial charge < -0.3 is 19.5 Å². The molecule has 2 rings (SSSR count). The lowest BCUT2D eigenvalue weighted by molar-refractivity contribution is -0.154. The number of pyridine rings is 1. The van der Waals surface area contributed by atoms with Gasteiger partial charge in [0.2, 0.25) is 5.88 Å². The standard InChI is InChI=1S/C17H12ClF5N2O5/c18-11-5-10(2-3-12(11)30-16(19)20)25-13(26)7-28-15(27)9-1-4-14(24-6-9)29-8-17(21,22)23/h1-6,16H,7-8H2,(H,25,26). The van der Waals surface area contributed by atoms with E-state index in [4.69, 9.17) is 16.3 Å². The average molecular weight is 455 g/mol.